The van der Waals surface area contributed by atoms with Crippen LogP contribution in [0.2, 0.25) is 5.02 Å². The van der Waals surface area contributed by atoms with Gasteiger partial charge in [-0.3, -0.25) is 14.9 Å². The lowest BCUT2D eigenvalue weighted by Crippen LogP contribution is -2.34. The maximum atomic E-state index is 11.4. The Kier molecular flexibility index (Phi) is 4.34. The van der Waals surface area contributed by atoms with Gasteiger partial charge in [0.2, 0.25) is 5.91 Å². The van der Waals surface area contributed by atoms with Crippen molar-refractivity contribution in [2.45, 2.75) is 25.4 Å². The number of rotatable bonds is 6. The van der Waals surface area contributed by atoms with Crippen LogP contribution >= 0.6 is 11.6 Å². The molecule has 1 aliphatic carbocycles. The summed E-state index contributed by atoms with van der Waals surface area (Å²) in [6, 6.07) is 4.69. The first-order valence-electron chi connectivity index (χ1n) is 5.99. The van der Waals surface area contributed by atoms with E-state index < -0.39 is 4.92 Å². The molecule has 0 aliphatic heterocycles. The van der Waals surface area contributed by atoms with Crippen LogP contribution in [0, 0.1) is 10.1 Å². The molecule has 0 aromatic heterocycles. The van der Waals surface area contributed by atoms with Crippen LogP contribution in [0.1, 0.15) is 18.4 Å². The van der Waals surface area contributed by atoms with Crippen molar-refractivity contribution in [2.24, 2.45) is 0 Å². The molecule has 102 valence electrons. The summed E-state index contributed by atoms with van der Waals surface area (Å²) >= 11 is 5.81. The molecule has 7 heteroatoms. The molecular weight excluding hydrogens is 270 g/mol. The third-order valence-corrected chi connectivity index (χ3v) is 3.02. The number of hydrogen-bond donors (Lipinski definition) is 2. The molecule has 1 aromatic carbocycles. The van der Waals surface area contributed by atoms with Gasteiger partial charge in [-0.25, -0.2) is 0 Å². The Labute approximate surface area is 115 Å². The van der Waals surface area contributed by atoms with Gasteiger partial charge in [-0.1, -0.05) is 11.6 Å². The van der Waals surface area contributed by atoms with Gasteiger partial charge in [-0.15, -0.1) is 0 Å². The van der Waals surface area contributed by atoms with E-state index in [1.807, 2.05) is 0 Å². The number of halogens is 1. The van der Waals surface area contributed by atoms with Gasteiger partial charge in [0.1, 0.15) is 0 Å². The summed E-state index contributed by atoms with van der Waals surface area (Å²) < 4.78 is 0. The van der Waals surface area contributed by atoms with Crippen molar-refractivity contribution in [3.8, 4) is 0 Å². The van der Waals surface area contributed by atoms with Crippen LogP contribution in [0.25, 0.3) is 0 Å². The highest BCUT2D eigenvalue weighted by Gasteiger charge is 2.23. The third kappa shape index (κ3) is 4.18. The Hall–Kier alpha value is -1.66. The van der Waals surface area contributed by atoms with Crippen molar-refractivity contribution in [1.82, 2.24) is 10.6 Å². The van der Waals surface area contributed by atoms with Crippen LogP contribution in [0.15, 0.2) is 18.2 Å². The van der Waals surface area contributed by atoms with Crippen molar-refractivity contribution in [1.29, 1.82) is 0 Å². The summed E-state index contributed by atoms with van der Waals surface area (Å²) in [5, 5.41) is 17.0. The third-order valence-electron chi connectivity index (χ3n) is 2.78. The second-order valence-corrected chi connectivity index (χ2v) is 4.91. The first-order valence-corrected chi connectivity index (χ1v) is 6.37. The Morgan fingerprint density at radius 2 is 2.21 bits per heavy atom. The topological polar surface area (TPSA) is 84.3 Å². The molecule has 1 amide bonds. The fourth-order valence-electron chi connectivity index (χ4n) is 1.69. The van der Waals surface area contributed by atoms with E-state index in [1.165, 1.54) is 18.2 Å². The van der Waals surface area contributed by atoms with Crippen LogP contribution in [0.3, 0.4) is 0 Å². The maximum absolute atomic E-state index is 11.4. The normalized spacial score (nSPS) is 14.2. The SMILES string of the molecule is O=C(CNCc1cc(Cl)ccc1[N+](=O)[O-])NC1CC1. The molecule has 0 saturated heterocycles. The molecule has 1 saturated carbocycles. The van der Waals surface area contributed by atoms with E-state index in [1.54, 1.807) is 0 Å². The Morgan fingerprint density at radius 3 is 2.84 bits per heavy atom. The van der Waals surface area contributed by atoms with Gasteiger partial charge in [0.15, 0.2) is 0 Å². The highest BCUT2D eigenvalue weighted by atomic mass is 35.5. The van der Waals surface area contributed by atoms with E-state index in [0.717, 1.165) is 12.8 Å². The molecule has 0 atom stereocenters. The van der Waals surface area contributed by atoms with Gasteiger partial charge in [0.25, 0.3) is 5.69 Å². The lowest BCUT2D eigenvalue weighted by atomic mass is 10.2. The number of nitro groups is 1. The molecule has 1 aromatic rings. The zero-order valence-corrected chi connectivity index (χ0v) is 10.9. The van der Waals surface area contributed by atoms with E-state index in [0.29, 0.717) is 16.6 Å². The molecular formula is C12H14ClN3O3. The minimum Gasteiger partial charge on any atom is -0.352 e. The van der Waals surface area contributed by atoms with E-state index in [-0.39, 0.29) is 24.7 Å². The van der Waals surface area contributed by atoms with E-state index in [9.17, 15) is 14.9 Å². The van der Waals surface area contributed by atoms with Crippen LogP contribution in [0.5, 0.6) is 0 Å². The van der Waals surface area contributed by atoms with Crippen LogP contribution in [-0.2, 0) is 11.3 Å². The van der Waals surface area contributed by atoms with E-state index in [4.69, 9.17) is 11.6 Å². The number of hydrogen-bond acceptors (Lipinski definition) is 4. The van der Waals surface area contributed by atoms with E-state index >= 15 is 0 Å². The minimum absolute atomic E-state index is 0.000462. The number of benzene rings is 1. The van der Waals surface area contributed by atoms with Crippen LogP contribution in [-0.4, -0.2) is 23.4 Å². The van der Waals surface area contributed by atoms with Gasteiger partial charge >= 0.3 is 0 Å². The quantitative estimate of drug-likeness (QED) is 0.614. The highest BCUT2D eigenvalue weighted by Crippen LogP contribution is 2.22. The average Bonchev–Trinajstić information content (AvgIpc) is 3.12. The number of nitro benzene ring substituents is 1. The first kappa shape index (κ1) is 13.8. The fourth-order valence-corrected chi connectivity index (χ4v) is 1.89. The van der Waals surface area contributed by atoms with Gasteiger partial charge < -0.3 is 10.6 Å². The lowest BCUT2D eigenvalue weighted by Gasteiger charge is -2.06. The van der Waals surface area contributed by atoms with Gasteiger partial charge in [-0.05, 0) is 25.0 Å². The fraction of sp³-hybridized carbons (Fsp3) is 0.417. The van der Waals surface area contributed by atoms with Crippen molar-refractivity contribution >= 4 is 23.2 Å². The number of nitrogens with zero attached hydrogens (tertiary/aromatic N) is 1. The molecule has 0 bridgehead atoms. The number of amides is 1. The van der Waals surface area contributed by atoms with Crippen molar-refractivity contribution in [2.75, 3.05) is 6.54 Å². The highest BCUT2D eigenvalue weighted by molar-refractivity contribution is 6.30. The largest absolute Gasteiger partial charge is 0.352 e. The average molecular weight is 284 g/mol. The molecule has 0 unspecified atom stereocenters. The summed E-state index contributed by atoms with van der Waals surface area (Å²) in [4.78, 5) is 21.8. The second-order valence-electron chi connectivity index (χ2n) is 4.48. The van der Waals surface area contributed by atoms with Crippen molar-refractivity contribution in [3.05, 3.63) is 38.9 Å². The Bertz CT molecular complexity index is 503. The smallest absolute Gasteiger partial charge is 0.273 e. The van der Waals surface area contributed by atoms with Crippen molar-refractivity contribution in [3.63, 3.8) is 0 Å². The first-order chi connectivity index (χ1) is 9.06. The van der Waals surface area contributed by atoms with E-state index in [2.05, 4.69) is 10.6 Å². The molecule has 0 heterocycles. The molecule has 1 aliphatic rings. The summed E-state index contributed by atoms with van der Waals surface area (Å²) in [7, 11) is 0. The number of carbonyl (C=O) groups excluding carboxylic acids is 1. The maximum Gasteiger partial charge on any atom is 0.273 e. The van der Waals surface area contributed by atoms with Gasteiger partial charge in [0.05, 0.1) is 11.5 Å². The Morgan fingerprint density at radius 1 is 1.47 bits per heavy atom. The molecule has 0 radical (unpaired) electrons. The summed E-state index contributed by atoms with van der Waals surface area (Å²) in [6.07, 6.45) is 2.07. The molecule has 1 fully saturated rings. The summed E-state index contributed by atoms with van der Waals surface area (Å²) in [5.74, 6) is -0.0906. The second kappa shape index (κ2) is 5.99. The predicted octanol–water partition coefficient (Wildman–Crippen LogP) is 1.62. The van der Waals surface area contributed by atoms with Crippen LogP contribution in [0.4, 0.5) is 5.69 Å². The molecule has 19 heavy (non-hydrogen) atoms. The van der Waals surface area contributed by atoms with Gasteiger partial charge in [-0.2, -0.15) is 0 Å². The summed E-state index contributed by atoms with van der Waals surface area (Å²) in [5.41, 5.74) is 0.469. The zero-order valence-electron chi connectivity index (χ0n) is 10.2. The monoisotopic (exact) mass is 283 g/mol. The molecule has 2 N–H and O–H groups in total. The minimum atomic E-state index is -0.461. The Balaban J connectivity index is 1.88. The predicted molar refractivity (Wildman–Crippen MR) is 71.0 cm³/mol. The number of nitrogens with one attached hydrogen (secondary N) is 2. The molecule has 6 nitrogen and oxygen atoms in total. The lowest BCUT2D eigenvalue weighted by molar-refractivity contribution is -0.385. The summed E-state index contributed by atoms with van der Waals surface area (Å²) in [6.45, 7) is 0.370. The standard InChI is InChI=1S/C12H14ClN3O3/c13-9-1-4-11(16(18)19)8(5-9)6-14-7-12(17)15-10-2-3-10/h1,4-5,10,14H,2-3,6-7H2,(H,15,17). The number of carbonyl (C=O) groups is 1. The van der Waals surface area contributed by atoms with Crippen LogP contribution < -0.4 is 10.6 Å². The zero-order chi connectivity index (χ0) is 13.8. The molecule has 2 rings (SSSR count). The van der Waals surface area contributed by atoms with Crippen molar-refractivity contribution < 1.29 is 9.72 Å². The van der Waals surface area contributed by atoms with Gasteiger partial charge in [0, 0.05) is 29.2 Å². The molecule has 0 spiro atoms.